The van der Waals surface area contributed by atoms with E-state index in [9.17, 15) is 0 Å². The van der Waals surface area contributed by atoms with Crippen molar-refractivity contribution in [2.45, 2.75) is 32.2 Å². The first-order valence-electron chi connectivity index (χ1n) is 4.84. The van der Waals surface area contributed by atoms with E-state index in [2.05, 4.69) is 5.16 Å². The zero-order chi connectivity index (χ0) is 10.0. The van der Waals surface area contributed by atoms with E-state index in [1.165, 1.54) is 0 Å². The number of oxime groups is 1. The second kappa shape index (κ2) is 3.71. The molecule has 2 aliphatic rings. The molecule has 1 fully saturated rings. The van der Waals surface area contributed by atoms with E-state index in [1.807, 2.05) is 26.0 Å². The van der Waals surface area contributed by atoms with E-state index in [0.717, 1.165) is 12.1 Å². The maximum atomic E-state index is 5.60. The maximum absolute atomic E-state index is 5.60. The van der Waals surface area contributed by atoms with Gasteiger partial charge >= 0.3 is 0 Å². The molecule has 1 saturated heterocycles. The summed E-state index contributed by atoms with van der Waals surface area (Å²) in [5, 5.41) is 3.87. The van der Waals surface area contributed by atoms with Crippen molar-refractivity contribution in [3.05, 3.63) is 12.2 Å². The molecule has 0 aromatic heterocycles. The predicted octanol–water partition coefficient (Wildman–Crippen LogP) is 1.47. The first-order chi connectivity index (χ1) is 6.66. The van der Waals surface area contributed by atoms with Crippen LogP contribution in [0.3, 0.4) is 0 Å². The molecule has 78 valence electrons. The fraction of sp³-hybridized carbons (Fsp3) is 0.700. The van der Waals surface area contributed by atoms with Crippen LogP contribution in [0.4, 0.5) is 0 Å². The van der Waals surface area contributed by atoms with Crippen LogP contribution in [0, 0.1) is 0 Å². The molecule has 0 radical (unpaired) electrons. The molecule has 2 rings (SSSR count). The minimum atomic E-state index is -0.455. The summed E-state index contributed by atoms with van der Waals surface area (Å²) in [6.45, 7) is 5.12. The predicted molar refractivity (Wildman–Crippen MR) is 52.0 cm³/mol. The summed E-state index contributed by atoms with van der Waals surface area (Å²) >= 11 is 0. The Morgan fingerprint density at radius 3 is 2.93 bits per heavy atom. The van der Waals surface area contributed by atoms with E-state index in [-0.39, 0.29) is 6.10 Å². The molecule has 0 bridgehead atoms. The van der Waals surface area contributed by atoms with Crippen LogP contribution < -0.4 is 0 Å². The minimum Gasteiger partial charge on any atom is -0.395 e. The van der Waals surface area contributed by atoms with Gasteiger partial charge in [0.15, 0.2) is 5.79 Å². The van der Waals surface area contributed by atoms with Gasteiger partial charge < -0.3 is 14.3 Å². The number of rotatable bonds is 2. The Labute approximate surface area is 83.5 Å². The summed E-state index contributed by atoms with van der Waals surface area (Å²) in [4.78, 5) is 4.88. The smallest absolute Gasteiger partial charge is 0.163 e. The van der Waals surface area contributed by atoms with Gasteiger partial charge in [0.2, 0.25) is 0 Å². The molecule has 0 aliphatic carbocycles. The highest BCUT2D eigenvalue weighted by Gasteiger charge is 2.30. The molecule has 4 nitrogen and oxygen atoms in total. The van der Waals surface area contributed by atoms with Crippen molar-refractivity contribution in [1.82, 2.24) is 0 Å². The third-order valence-electron chi connectivity index (χ3n) is 2.16. The fourth-order valence-electron chi connectivity index (χ4n) is 1.47. The van der Waals surface area contributed by atoms with E-state index >= 15 is 0 Å². The molecule has 2 aliphatic heterocycles. The Balaban J connectivity index is 1.86. The molecule has 0 N–H and O–H groups in total. The molecule has 2 heterocycles. The van der Waals surface area contributed by atoms with Crippen molar-refractivity contribution < 1.29 is 14.3 Å². The highest BCUT2D eigenvalue weighted by Crippen LogP contribution is 2.22. The standard InChI is InChI=1S/C10H15NO3/c1-10(2)12-7-9(14-10)4-3-8-5-6-13-11-8/h3-4,9H,5-7H2,1-2H3/b4-3+/t9-/m0/s1. The van der Waals surface area contributed by atoms with Crippen LogP contribution in [0.5, 0.6) is 0 Å². The third kappa shape index (κ3) is 2.33. The maximum Gasteiger partial charge on any atom is 0.163 e. The zero-order valence-corrected chi connectivity index (χ0v) is 8.53. The van der Waals surface area contributed by atoms with Crippen LogP contribution in [0.1, 0.15) is 20.3 Å². The lowest BCUT2D eigenvalue weighted by Crippen LogP contribution is -2.20. The molecule has 1 atom stereocenters. The van der Waals surface area contributed by atoms with E-state index in [1.54, 1.807) is 0 Å². The highest BCUT2D eigenvalue weighted by molar-refractivity contribution is 5.95. The summed E-state index contributed by atoms with van der Waals surface area (Å²) in [6, 6.07) is 0. The normalized spacial score (nSPS) is 30.7. The van der Waals surface area contributed by atoms with Crippen molar-refractivity contribution in [1.29, 1.82) is 0 Å². The van der Waals surface area contributed by atoms with Crippen molar-refractivity contribution in [2.75, 3.05) is 13.2 Å². The van der Waals surface area contributed by atoms with Crippen molar-refractivity contribution in [3.63, 3.8) is 0 Å². The van der Waals surface area contributed by atoms with Crippen LogP contribution in [-0.2, 0) is 14.3 Å². The largest absolute Gasteiger partial charge is 0.395 e. The molecule has 4 heteroatoms. The monoisotopic (exact) mass is 197 g/mol. The lowest BCUT2D eigenvalue weighted by molar-refractivity contribution is -0.133. The van der Waals surface area contributed by atoms with Gasteiger partial charge in [-0.15, -0.1) is 0 Å². The molecule has 0 aromatic carbocycles. The topological polar surface area (TPSA) is 40.0 Å². The van der Waals surface area contributed by atoms with Gasteiger partial charge in [0.1, 0.15) is 12.7 Å². The lowest BCUT2D eigenvalue weighted by Gasteiger charge is -2.15. The molecule has 0 aromatic rings. The van der Waals surface area contributed by atoms with Gasteiger partial charge in [0.25, 0.3) is 0 Å². The molecular weight excluding hydrogens is 182 g/mol. The SMILES string of the molecule is CC1(C)OC[C@H](/C=C/C2=NOCC2)O1. The highest BCUT2D eigenvalue weighted by atomic mass is 16.7. The van der Waals surface area contributed by atoms with Crippen molar-refractivity contribution in [2.24, 2.45) is 5.16 Å². The van der Waals surface area contributed by atoms with Gasteiger partial charge in [0.05, 0.1) is 12.3 Å². The van der Waals surface area contributed by atoms with Crippen LogP contribution in [0.25, 0.3) is 0 Å². The third-order valence-corrected chi connectivity index (χ3v) is 2.16. The first kappa shape index (κ1) is 9.68. The average Bonchev–Trinajstić information content (AvgIpc) is 2.70. The Kier molecular flexibility index (Phi) is 2.56. The summed E-state index contributed by atoms with van der Waals surface area (Å²) in [6.07, 6.45) is 4.84. The van der Waals surface area contributed by atoms with E-state index in [4.69, 9.17) is 14.3 Å². The van der Waals surface area contributed by atoms with Gasteiger partial charge in [0, 0.05) is 6.42 Å². The second-order valence-corrected chi connectivity index (χ2v) is 3.89. The second-order valence-electron chi connectivity index (χ2n) is 3.89. The summed E-state index contributed by atoms with van der Waals surface area (Å²) in [5.74, 6) is -0.455. The van der Waals surface area contributed by atoms with Crippen molar-refractivity contribution in [3.8, 4) is 0 Å². The molecule has 14 heavy (non-hydrogen) atoms. The molecule has 0 unspecified atom stereocenters. The van der Waals surface area contributed by atoms with Crippen LogP contribution in [-0.4, -0.2) is 30.8 Å². The molecule has 0 amide bonds. The van der Waals surface area contributed by atoms with Crippen LogP contribution >= 0.6 is 0 Å². The Morgan fingerprint density at radius 2 is 2.36 bits per heavy atom. The van der Waals surface area contributed by atoms with Gasteiger partial charge in [-0.05, 0) is 19.9 Å². The van der Waals surface area contributed by atoms with Gasteiger partial charge in [-0.1, -0.05) is 11.2 Å². The number of hydrogen-bond acceptors (Lipinski definition) is 4. The first-order valence-corrected chi connectivity index (χ1v) is 4.84. The average molecular weight is 197 g/mol. The van der Waals surface area contributed by atoms with Crippen molar-refractivity contribution >= 4 is 5.71 Å². The molecular formula is C10H15NO3. The Hall–Kier alpha value is -0.870. The van der Waals surface area contributed by atoms with Gasteiger partial charge in [-0.25, -0.2) is 0 Å². The summed E-state index contributed by atoms with van der Waals surface area (Å²) in [7, 11) is 0. The fourth-order valence-corrected chi connectivity index (χ4v) is 1.47. The van der Waals surface area contributed by atoms with Crippen LogP contribution in [0.15, 0.2) is 17.3 Å². The molecule has 0 spiro atoms. The van der Waals surface area contributed by atoms with E-state index < -0.39 is 5.79 Å². The number of allylic oxidation sites excluding steroid dienone is 1. The van der Waals surface area contributed by atoms with E-state index in [0.29, 0.717) is 13.2 Å². The Morgan fingerprint density at radius 1 is 1.50 bits per heavy atom. The summed E-state index contributed by atoms with van der Waals surface area (Å²) < 4.78 is 11.0. The Bertz CT molecular complexity index is 271. The summed E-state index contributed by atoms with van der Waals surface area (Å²) in [5.41, 5.74) is 0.971. The van der Waals surface area contributed by atoms with Gasteiger partial charge in [-0.3, -0.25) is 0 Å². The van der Waals surface area contributed by atoms with Crippen LogP contribution in [0.2, 0.25) is 0 Å². The quantitative estimate of drug-likeness (QED) is 0.673. The molecule has 0 saturated carbocycles. The number of hydrogen-bond donors (Lipinski definition) is 0. The lowest BCUT2D eigenvalue weighted by atomic mass is 10.2. The number of nitrogens with zero attached hydrogens (tertiary/aromatic N) is 1. The van der Waals surface area contributed by atoms with Gasteiger partial charge in [-0.2, -0.15) is 0 Å². The number of ether oxygens (including phenoxy) is 2. The minimum absolute atomic E-state index is 0.0355. The zero-order valence-electron chi connectivity index (χ0n) is 8.53.